The summed E-state index contributed by atoms with van der Waals surface area (Å²) in [5.74, 6) is -2.58. The van der Waals surface area contributed by atoms with Gasteiger partial charge in [-0.2, -0.15) is 0 Å². The van der Waals surface area contributed by atoms with Crippen molar-refractivity contribution in [2.24, 2.45) is 0 Å². The summed E-state index contributed by atoms with van der Waals surface area (Å²) < 4.78 is 88.9. The first-order valence-corrected chi connectivity index (χ1v) is 30.5. The van der Waals surface area contributed by atoms with E-state index < -0.39 is 310 Å². The van der Waals surface area contributed by atoms with E-state index in [9.17, 15) is 127 Å². The highest BCUT2D eigenvalue weighted by molar-refractivity contribution is 5.74. The summed E-state index contributed by atoms with van der Waals surface area (Å²) in [4.78, 5) is 37.6. The zero-order valence-corrected chi connectivity index (χ0v) is 51.4. The second-order valence-corrected chi connectivity index (χ2v) is 24.2. The van der Waals surface area contributed by atoms with Crippen molar-refractivity contribution in [2.45, 2.75) is 260 Å². The van der Waals surface area contributed by atoms with Crippen LogP contribution >= 0.6 is 0 Å². The van der Waals surface area contributed by atoms with Gasteiger partial charge in [-0.1, -0.05) is 0 Å². The second kappa shape index (κ2) is 34.3. The maximum absolute atomic E-state index is 13.0. The van der Waals surface area contributed by atoms with Crippen LogP contribution in [0.3, 0.4) is 0 Å². The van der Waals surface area contributed by atoms with Crippen LogP contribution in [0.15, 0.2) is 0 Å². The van der Waals surface area contributed by atoms with Crippen molar-refractivity contribution < 1.29 is 198 Å². The van der Waals surface area contributed by atoms with Crippen molar-refractivity contribution in [3.05, 3.63) is 0 Å². The summed E-state index contributed by atoms with van der Waals surface area (Å²) in [6.45, 7) is -5.35. The van der Waals surface area contributed by atoms with Crippen molar-refractivity contribution in [3.8, 4) is 0 Å². The fourth-order valence-corrected chi connectivity index (χ4v) is 12.3. The molecule has 0 saturated carbocycles. The monoisotopic (exact) mass is 1410 g/mol. The Hall–Kier alpha value is -3.07. The van der Waals surface area contributed by atoms with Crippen molar-refractivity contribution in [1.29, 1.82) is 0 Å². The van der Waals surface area contributed by atoms with Crippen LogP contribution in [0.25, 0.3) is 0 Å². The number of ether oxygens (including phenoxy) is 15. The maximum atomic E-state index is 13.0. The molecule has 556 valence electrons. The first-order chi connectivity index (χ1) is 45.4. The highest BCUT2D eigenvalue weighted by Crippen LogP contribution is 2.40. The van der Waals surface area contributed by atoms with Gasteiger partial charge >= 0.3 is 0 Å². The average Bonchev–Trinajstić information content (AvgIpc) is 0.770. The molecule has 0 aliphatic carbocycles. The maximum Gasteiger partial charge on any atom is 0.217 e. The Balaban J connectivity index is 1.20. The Kier molecular flexibility index (Phi) is 28.1. The molecule has 0 aromatic carbocycles. The average molecular weight is 1410 g/mol. The van der Waals surface area contributed by atoms with E-state index in [0.29, 0.717) is 0 Å². The molecule has 43 heteroatoms. The highest BCUT2D eigenvalue weighted by atomic mass is 16.8. The van der Waals surface area contributed by atoms with E-state index in [1.165, 1.54) is 0 Å². The van der Waals surface area contributed by atoms with Crippen molar-refractivity contribution in [1.82, 2.24) is 16.0 Å². The Morgan fingerprint density at radius 2 is 0.688 bits per heavy atom. The summed E-state index contributed by atoms with van der Waals surface area (Å²) in [6.07, 6.45) is -74.4. The van der Waals surface area contributed by atoms with E-state index in [0.717, 1.165) is 20.8 Å². The molecule has 43 nitrogen and oxygen atoms in total. The lowest BCUT2D eigenvalue weighted by atomic mass is 9.93. The molecule has 0 radical (unpaired) electrons. The number of amides is 3. The molecule has 0 aromatic rings. The first-order valence-electron chi connectivity index (χ1n) is 30.5. The molecule has 8 fully saturated rings. The van der Waals surface area contributed by atoms with E-state index >= 15 is 0 Å². The zero-order valence-electron chi connectivity index (χ0n) is 51.4. The van der Waals surface area contributed by atoms with Crippen LogP contribution in [0.4, 0.5) is 0 Å². The van der Waals surface area contributed by atoms with Gasteiger partial charge in [-0.25, -0.2) is 0 Å². The van der Waals surface area contributed by atoms with Gasteiger partial charge in [0.2, 0.25) is 17.7 Å². The van der Waals surface area contributed by atoms with Gasteiger partial charge in [-0.05, 0) is 0 Å². The van der Waals surface area contributed by atoms with Gasteiger partial charge in [-0.15, -0.1) is 0 Å². The number of hydrogen-bond acceptors (Lipinski definition) is 40. The zero-order chi connectivity index (χ0) is 70.6. The van der Waals surface area contributed by atoms with E-state index in [2.05, 4.69) is 16.0 Å². The van der Waals surface area contributed by atoms with Crippen LogP contribution in [0, 0.1) is 0 Å². The van der Waals surface area contributed by atoms with Crippen molar-refractivity contribution >= 4 is 17.7 Å². The molecule has 0 aromatic heterocycles. The number of aliphatic hydroxyl groups excluding tert-OH is 22. The molecule has 8 rings (SSSR count). The Labute approximate surface area is 543 Å². The van der Waals surface area contributed by atoms with Gasteiger partial charge in [0.15, 0.2) is 50.3 Å². The number of aliphatic hydroxyl groups is 22. The number of hydrogen-bond donors (Lipinski definition) is 25. The summed E-state index contributed by atoms with van der Waals surface area (Å²) in [7, 11) is 0. The van der Waals surface area contributed by atoms with Crippen molar-refractivity contribution in [3.63, 3.8) is 0 Å². The molecule has 8 aliphatic rings. The lowest BCUT2D eigenvalue weighted by Gasteiger charge is -2.52. The molecule has 1 unspecified atom stereocenters. The fourth-order valence-electron chi connectivity index (χ4n) is 12.3. The normalized spacial score (nSPS) is 49.5. The minimum absolute atomic E-state index is 0.776. The summed E-state index contributed by atoms with van der Waals surface area (Å²) >= 11 is 0. The van der Waals surface area contributed by atoms with Crippen LogP contribution in [0.1, 0.15) is 20.8 Å². The standard InChI is InChI=1S/C53H89N3O40/c1-12(63)54-23-33(74)40(20(8-61)84-46(23)81)91-48-25(56-14(3)65)34(75)41(21(9-62)89-48)92-53-45(96-49-37(78)26(67)15(66)10-82-49)43(94-52-44(36(77)29(70)18(6-59)88-52)95-47-24(55-13(2)64)32(73)27(68)16(4-57)85-47)31(72)22(90-53)11-83-50-39(80)42(30(71)19(7-60)86-50)93-51-38(79)35(76)28(69)17(5-58)87-51/h15-53,57-62,66-81H,4-11H2,1-3H3,(H,54,63)(H,55,64)(H,56,65)/t15-,16-,17-,18-,19-,20-,21-,22-,23-,24-,25-,26+,27-,28-,29-,30-,31-,32-,33-,34-,35+,36+,37-,38+,39+,40-,41-,42+,43+,44+,45+,46?,47+,48+,49+,50+,51-,52-,53+/m1/s1. The lowest BCUT2D eigenvalue weighted by molar-refractivity contribution is -0.411. The van der Waals surface area contributed by atoms with Crippen LogP contribution in [-0.2, 0) is 85.4 Å². The van der Waals surface area contributed by atoms with Gasteiger partial charge in [0.1, 0.15) is 189 Å². The predicted molar refractivity (Wildman–Crippen MR) is 293 cm³/mol. The Bertz CT molecular complexity index is 2460. The summed E-state index contributed by atoms with van der Waals surface area (Å²) in [6, 6.07) is -5.35. The molecular formula is C53H89N3O40. The highest BCUT2D eigenvalue weighted by Gasteiger charge is 2.60. The number of carbonyl (C=O) groups excluding carboxylic acids is 3. The largest absolute Gasteiger partial charge is 0.394 e. The van der Waals surface area contributed by atoms with Crippen LogP contribution in [-0.4, -0.2) is 422 Å². The molecule has 0 bridgehead atoms. The minimum atomic E-state index is -2.43. The van der Waals surface area contributed by atoms with Crippen molar-refractivity contribution in [2.75, 3.05) is 52.9 Å². The molecule has 25 N–H and O–H groups in total. The van der Waals surface area contributed by atoms with Gasteiger partial charge in [0, 0.05) is 20.8 Å². The number of carbonyl (C=O) groups is 3. The molecule has 8 aliphatic heterocycles. The molecule has 0 spiro atoms. The molecule has 8 heterocycles. The van der Waals surface area contributed by atoms with Crippen LogP contribution in [0.5, 0.6) is 0 Å². The van der Waals surface area contributed by atoms with E-state index in [4.69, 9.17) is 71.1 Å². The van der Waals surface area contributed by atoms with Gasteiger partial charge in [0.25, 0.3) is 0 Å². The minimum Gasteiger partial charge on any atom is -0.394 e. The third-order valence-electron chi connectivity index (χ3n) is 17.5. The van der Waals surface area contributed by atoms with Gasteiger partial charge in [-0.3, -0.25) is 14.4 Å². The van der Waals surface area contributed by atoms with Crippen LogP contribution < -0.4 is 16.0 Å². The second-order valence-electron chi connectivity index (χ2n) is 24.2. The third-order valence-corrected chi connectivity index (χ3v) is 17.5. The van der Waals surface area contributed by atoms with Crippen LogP contribution in [0.2, 0.25) is 0 Å². The molecule has 96 heavy (non-hydrogen) atoms. The third kappa shape index (κ3) is 17.2. The quantitative estimate of drug-likeness (QED) is 0.0427. The smallest absolute Gasteiger partial charge is 0.217 e. The predicted octanol–water partition coefficient (Wildman–Crippen LogP) is -17.4. The molecule has 8 saturated heterocycles. The summed E-state index contributed by atoms with van der Waals surface area (Å²) in [5, 5.41) is 249. The first kappa shape index (κ1) is 78.6. The lowest BCUT2D eigenvalue weighted by Crippen LogP contribution is -2.71. The number of nitrogens with one attached hydrogen (secondary N) is 3. The van der Waals surface area contributed by atoms with E-state index in [-0.39, 0.29) is 0 Å². The van der Waals surface area contributed by atoms with Gasteiger partial charge < -0.3 is 199 Å². The Morgan fingerprint density at radius 3 is 1.25 bits per heavy atom. The molecular weight excluding hydrogens is 1320 g/mol. The topological polar surface area (TPSA) is 671 Å². The van der Waals surface area contributed by atoms with E-state index in [1.54, 1.807) is 0 Å². The SMILES string of the molecule is CC(=O)N[C@H]1[C@H](O[C@H]2[C@H](O)[C@@H](NC(C)=O)C(O)O[C@@H]2CO)O[C@H](CO)[C@@H](O[C@@H]2O[C@H](CO[C@H]3O[C@H](CO)[C@@H](O)[C@H](O[C@H]4O[C@H](CO)[C@@H](O)[C@H](O)[C@@H]4O)[C@@H]3O)[C@@H](O)[C@H](O[C@H]3O[C@H](CO)[C@@H](O)[C@H](O)[C@@H]3O[C@@H]3O[C@H](CO)[C@@H](O)[C@H](O)[C@H]3NC(C)=O)[C@@H]2O[C@@H]2OC[C@@H](O)[C@H](O)[C@H]2O)[C@@H]1O. The molecule has 39 atom stereocenters. The fraction of sp³-hybridized carbons (Fsp3) is 0.943. The molecule has 3 amide bonds. The van der Waals surface area contributed by atoms with Gasteiger partial charge in [0.05, 0.1) is 52.9 Å². The van der Waals surface area contributed by atoms with E-state index in [1.807, 2.05) is 0 Å². The Morgan fingerprint density at radius 1 is 0.312 bits per heavy atom. The summed E-state index contributed by atoms with van der Waals surface area (Å²) in [5.41, 5.74) is 0. The number of rotatable bonds is 24.